The van der Waals surface area contributed by atoms with Gasteiger partial charge in [-0.05, 0) is 18.9 Å². The van der Waals surface area contributed by atoms with E-state index in [1.54, 1.807) is 7.11 Å². The maximum absolute atomic E-state index is 5.82. The zero-order chi connectivity index (χ0) is 12.5. The molecule has 4 nitrogen and oxygen atoms in total. The molecular formula is C13H22N2O2. The van der Waals surface area contributed by atoms with E-state index in [4.69, 9.17) is 15.2 Å². The average Bonchev–Trinajstić information content (AvgIpc) is 2.31. The molecule has 1 aromatic carbocycles. The van der Waals surface area contributed by atoms with Gasteiger partial charge in [0.05, 0.1) is 6.61 Å². The smallest absolute Gasteiger partial charge is 0.123 e. The second-order valence-electron chi connectivity index (χ2n) is 3.91. The van der Waals surface area contributed by atoms with Crippen LogP contribution >= 0.6 is 0 Å². The van der Waals surface area contributed by atoms with Gasteiger partial charge in [0, 0.05) is 43.8 Å². The molecule has 17 heavy (non-hydrogen) atoms. The average molecular weight is 238 g/mol. The van der Waals surface area contributed by atoms with Crippen LogP contribution in [0.25, 0.3) is 0 Å². The molecule has 0 saturated heterocycles. The van der Waals surface area contributed by atoms with Gasteiger partial charge in [0.1, 0.15) is 5.75 Å². The number of anilines is 2. The minimum Gasteiger partial charge on any atom is -0.493 e. The van der Waals surface area contributed by atoms with E-state index in [-0.39, 0.29) is 0 Å². The molecule has 3 N–H and O–H groups in total. The van der Waals surface area contributed by atoms with Crippen molar-refractivity contribution in [2.75, 3.05) is 37.9 Å². The van der Waals surface area contributed by atoms with Gasteiger partial charge in [0.25, 0.3) is 0 Å². The zero-order valence-corrected chi connectivity index (χ0v) is 10.7. The van der Waals surface area contributed by atoms with Crippen molar-refractivity contribution in [1.82, 2.24) is 0 Å². The Kier molecular flexibility index (Phi) is 6.25. The van der Waals surface area contributed by atoms with Crippen LogP contribution in [0.1, 0.15) is 19.8 Å². The molecule has 4 heteroatoms. The van der Waals surface area contributed by atoms with Gasteiger partial charge in [-0.15, -0.1) is 0 Å². The highest BCUT2D eigenvalue weighted by molar-refractivity contribution is 5.59. The van der Waals surface area contributed by atoms with Gasteiger partial charge in [-0.3, -0.25) is 0 Å². The Hall–Kier alpha value is -1.42. The summed E-state index contributed by atoms with van der Waals surface area (Å²) in [5.74, 6) is 0.820. The summed E-state index contributed by atoms with van der Waals surface area (Å²) < 4.78 is 10.6. The summed E-state index contributed by atoms with van der Waals surface area (Å²) in [7, 11) is 1.71. The van der Waals surface area contributed by atoms with Gasteiger partial charge >= 0.3 is 0 Å². The van der Waals surface area contributed by atoms with Gasteiger partial charge in [-0.1, -0.05) is 6.92 Å². The first-order valence-corrected chi connectivity index (χ1v) is 6.02. The number of benzene rings is 1. The first kappa shape index (κ1) is 13.6. The Balaban J connectivity index is 2.50. The normalized spacial score (nSPS) is 10.2. The van der Waals surface area contributed by atoms with Crippen LogP contribution in [0.4, 0.5) is 11.4 Å². The predicted molar refractivity (Wildman–Crippen MR) is 71.6 cm³/mol. The van der Waals surface area contributed by atoms with E-state index in [0.717, 1.165) is 37.4 Å². The van der Waals surface area contributed by atoms with Crippen molar-refractivity contribution in [3.8, 4) is 5.75 Å². The third-order valence-corrected chi connectivity index (χ3v) is 2.26. The van der Waals surface area contributed by atoms with E-state index in [9.17, 15) is 0 Å². The number of hydrogen-bond acceptors (Lipinski definition) is 4. The zero-order valence-electron chi connectivity index (χ0n) is 10.7. The fourth-order valence-corrected chi connectivity index (χ4v) is 1.48. The third-order valence-electron chi connectivity index (χ3n) is 2.26. The molecule has 0 atom stereocenters. The van der Waals surface area contributed by atoms with E-state index in [1.807, 2.05) is 18.2 Å². The van der Waals surface area contributed by atoms with E-state index in [0.29, 0.717) is 12.3 Å². The van der Waals surface area contributed by atoms with Crippen LogP contribution in [-0.4, -0.2) is 26.9 Å². The molecule has 0 aliphatic heterocycles. The van der Waals surface area contributed by atoms with E-state index >= 15 is 0 Å². The van der Waals surface area contributed by atoms with E-state index in [2.05, 4.69) is 12.2 Å². The van der Waals surface area contributed by atoms with Crippen LogP contribution in [-0.2, 0) is 4.74 Å². The first-order valence-electron chi connectivity index (χ1n) is 6.02. The number of nitrogens with two attached hydrogens (primary N) is 1. The summed E-state index contributed by atoms with van der Waals surface area (Å²) >= 11 is 0. The second-order valence-corrected chi connectivity index (χ2v) is 3.91. The van der Waals surface area contributed by atoms with E-state index in [1.165, 1.54) is 0 Å². The van der Waals surface area contributed by atoms with Crippen LogP contribution in [0, 0.1) is 0 Å². The van der Waals surface area contributed by atoms with Crippen molar-refractivity contribution in [3.05, 3.63) is 18.2 Å². The van der Waals surface area contributed by atoms with Crippen molar-refractivity contribution in [3.63, 3.8) is 0 Å². The Bertz CT molecular complexity index is 329. The van der Waals surface area contributed by atoms with Crippen molar-refractivity contribution < 1.29 is 9.47 Å². The quantitative estimate of drug-likeness (QED) is 0.539. The summed E-state index contributed by atoms with van der Waals surface area (Å²) in [5.41, 5.74) is 7.53. The fraction of sp³-hybridized carbons (Fsp3) is 0.538. The highest BCUT2D eigenvalue weighted by Crippen LogP contribution is 2.22. The molecule has 1 rings (SSSR count). The second kappa shape index (κ2) is 7.79. The number of rotatable bonds is 8. The lowest BCUT2D eigenvalue weighted by Crippen LogP contribution is -2.05. The lowest BCUT2D eigenvalue weighted by molar-refractivity contribution is 0.198. The van der Waals surface area contributed by atoms with Crippen molar-refractivity contribution in [2.24, 2.45) is 0 Å². The molecule has 0 bridgehead atoms. The Morgan fingerprint density at radius 1 is 1.24 bits per heavy atom. The molecule has 0 heterocycles. The van der Waals surface area contributed by atoms with Crippen LogP contribution < -0.4 is 15.8 Å². The molecule has 96 valence electrons. The summed E-state index contributed by atoms with van der Waals surface area (Å²) in [6.07, 6.45) is 1.96. The third kappa shape index (κ3) is 5.45. The Labute approximate surface area is 103 Å². The molecule has 0 spiro atoms. The summed E-state index contributed by atoms with van der Waals surface area (Å²) in [5, 5.41) is 3.30. The van der Waals surface area contributed by atoms with Gasteiger partial charge in [-0.2, -0.15) is 0 Å². The summed E-state index contributed by atoms with van der Waals surface area (Å²) in [4.78, 5) is 0. The highest BCUT2D eigenvalue weighted by Gasteiger charge is 1.99. The summed E-state index contributed by atoms with van der Waals surface area (Å²) in [6.45, 7) is 4.42. The van der Waals surface area contributed by atoms with Crippen LogP contribution in [0.3, 0.4) is 0 Å². The van der Waals surface area contributed by atoms with Gasteiger partial charge < -0.3 is 20.5 Å². The largest absolute Gasteiger partial charge is 0.493 e. The van der Waals surface area contributed by atoms with Crippen molar-refractivity contribution in [1.29, 1.82) is 0 Å². The van der Waals surface area contributed by atoms with Crippen molar-refractivity contribution in [2.45, 2.75) is 19.8 Å². The van der Waals surface area contributed by atoms with E-state index < -0.39 is 0 Å². The van der Waals surface area contributed by atoms with Crippen LogP contribution in [0.2, 0.25) is 0 Å². The molecule has 0 aromatic heterocycles. The van der Waals surface area contributed by atoms with Crippen molar-refractivity contribution >= 4 is 11.4 Å². The summed E-state index contributed by atoms with van der Waals surface area (Å²) in [6, 6.07) is 5.72. The monoisotopic (exact) mass is 238 g/mol. The standard InChI is InChI=1S/C13H22N2O2/c1-3-6-17-13-9-11(14)8-12(10-13)15-5-4-7-16-2/h8-10,15H,3-7,14H2,1-2H3. The molecule has 0 fully saturated rings. The maximum Gasteiger partial charge on any atom is 0.123 e. The molecule has 0 unspecified atom stereocenters. The minimum atomic E-state index is 0.715. The Morgan fingerprint density at radius 3 is 2.76 bits per heavy atom. The number of nitrogens with one attached hydrogen (secondary N) is 1. The SMILES string of the molecule is CCCOc1cc(N)cc(NCCCOC)c1. The number of ether oxygens (including phenoxy) is 2. The number of methoxy groups -OCH3 is 1. The fourth-order valence-electron chi connectivity index (χ4n) is 1.48. The minimum absolute atomic E-state index is 0.715. The van der Waals surface area contributed by atoms with Gasteiger partial charge in [0.2, 0.25) is 0 Å². The lowest BCUT2D eigenvalue weighted by Gasteiger charge is -2.10. The molecular weight excluding hydrogens is 216 g/mol. The number of hydrogen-bond donors (Lipinski definition) is 2. The Morgan fingerprint density at radius 2 is 2.06 bits per heavy atom. The molecule has 0 radical (unpaired) electrons. The topological polar surface area (TPSA) is 56.5 Å². The number of nitrogen functional groups attached to an aromatic ring is 1. The first-order chi connectivity index (χ1) is 8.26. The molecule has 0 saturated carbocycles. The maximum atomic E-state index is 5.82. The van der Waals surface area contributed by atoms with Gasteiger partial charge in [0.15, 0.2) is 0 Å². The molecule has 1 aromatic rings. The predicted octanol–water partition coefficient (Wildman–Crippen LogP) is 2.51. The van der Waals surface area contributed by atoms with Crippen LogP contribution in [0.15, 0.2) is 18.2 Å². The molecule has 0 aliphatic rings. The molecule has 0 aliphatic carbocycles. The van der Waals surface area contributed by atoms with Gasteiger partial charge in [-0.25, -0.2) is 0 Å². The highest BCUT2D eigenvalue weighted by atomic mass is 16.5. The lowest BCUT2D eigenvalue weighted by atomic mass is 10.2. The molecule has 0 amide bonds. The van der Waals surface area contributed by atoms with Crippen LogP contribution in [0.5, 0.6) is 5.75 Å².